The Balaban J connectivity index is 5.28. The van der Waals surface area contributed by atoms with Gasteiger partial charge in [0.15, 0.2) is 12.2 Å². The molecule has 17 nitrogen and oxygen atoms in total. The van der Waals surface area contributed by atoms with Crippen LogP contribution >= 0.6 is 15.6 Å². The van der Waals surface area contributed by atoms with Crippen molar-refractivity contribution in [3.05, 3.63) is 24.3 Å². The highest BCUT2D eigenvalue weighted by atomic mass is 31.2. The van der Waals surface area contributed by atoms with Gasteiger partial charge in [-0.05, 0) is 57.3 Å². The quantitative estimate of drug-likeness (QED) is 0.0169. The summed E-state index contributed by atoms with van der Waals surface area (Å²) in [5.41, 5.74) is 0. The summed E-state index contributed by atoms with van der Waals surface area (Å²) in [6, 6.07) is 0. The molecule has 0 radical (unpaired) electrons. The van der Waals surface area contributed by atoms with Crippen LogP contribution in [0, 0.1) is 5.92 Å². The van der Waals surface area contributed by atoms with E-state index in [0.717, 1.165) is 109 Å². The van der Waals surface area contributed by atoms with Crippen molar-refractivity contribution in [1.29, 1.82) is 0 Å². The topological polar surface area (TPSA) is 237 Å². The Hall–Kier alpha value is -2.46. The third-order valence-electron chi connectivity index (χ3n) is 18.7. The van der Waals surface area contributed by atoms with Crippen LogP contribution in [0.1, 0.15) is 413 Å². The number of unbranched alkanes of at least 4 members (excludes halogenated alkanes) is 49. The molecule has 0 aliphatic carbocycles. The first-order valence-electron chi connectivity index (χ1n) is 42.0. The summed E-state index contributed by atoms with van der Waals surface area (Å²) in [6.07, 6.45) is 68.7. The Morgan fingerprint density at radius 3 is 0.812 bits per heavy atom. The fourth-order valence-corrected chi connectivity index (χ4v) is 13.8. The van der Waals surface area contributed by atoms with Crippen LogP contribution in [-0.4, -0.2) is 96.7 Å². The fraction of sp³-hybridized carbons (Fsp3) is 0.902. The maximum atomic E-state index is 13.1. The van der Waals surface area contributed by atoms with E-state index in [2.05, 4.69) is 58.9 Å². The molecule has 596 valence electrons. The first kappa shape index (κ1) is 98.5. The fourth-order valence-electron chi connectivity index (χ4n) is 12.2. The summed E-state index contributed by atoms with van der Waals surface area (Å²) >= 11 is 0. The zero-order valence-corrected chi connectivity index (χ0v) is 67.3. The Bertz CT molecular complexity index is 2020. The van der Waals surface area contributed by atoms with E-state index in [1.807, 2.05) is 0 Å². The number of carbonyl (C=O) groups excluding carboxylic acids is 4. The van der Waals surface area contributed by atoms with Crippen molar-refractivity contribution in [2.75, 3.05) is 39.6 Å². The molecule has 101 heavy (non-hydrogen) atoms. The molecular weight excluding hydrogens is 1320 g/mol. The van der Waals surface area contributed by atoms with E-state index in [0.29, 0.717) is 25.7 Å². The van der Waals surface area contributed by atoms with Gasteiger partial charge in [0.1, 0.15) is 19.3 Å². The number of hydrogen-bond donors (Lipinski definition) is 3. The summed E-state index contributed by atoms with van der Waals surface area (Å²) in [6.45, 7) is 7.30. The molecule has 0 spiro atoms. The van der Waals surface area contributed by atoms with Gasteiger partial charge in [-0.15, -0.1) is 0 Å². The van der Waals surface area contributed by atoms with E-state index in [4.69, 9.17) is 37.0 Å². The summed E-state index contributed by atoms with van der Waals surface area (Å²) in [5, 5.41) is 10.6. The minimum absolute atomic E-state index is 0.0857. The van der Waals surface area contributed by atoms with Crippen LogP contribution in [0.25, 0.3) is 0 Å². The van der Waals surface area contributed by atoms with Gasteiger partial charge in [0.05, 0.1) is 26.4 Å². The first-order chi connectivity index (χ1) is 49.0. The summed E-state index contributed by atoms with van der Waals surface area (Å²) in [4.78, 5) is 73.0. The Morgan fingerprint density at radius 1 is 0.307 bits per heavy atom. The van der Waals surface area contributed by atoms with Crippen LogP contribution < -0.4 is 0 Å². The van der Waals surface area contributed by atoms with Gasteiger partial charge < -0.3 is 33.8 Å². The lowest BCUT2D eigenvalue weighted by Crippen LogP contribution is -2.30. The molecule has 0 amide bonds. The molecule has 0 aromatic heterocycles. The maximum Gasteiger partial charge on any atom is 0.472 e. The highest BCUT2D eigenvalue weighted by Crippen LogP contribution is 2.45. The Kier molecular flexibility index (Phi) is 72.6. The molecular formula is C82H156O17P2. The molecule has 0 rings (SSSR count). The molecule has 5 atom stereocenters. The Labute approximate surface area is 618 Å². The summed E-state index contributed by atoms with van der Waals surface area (Å²) in [5.74, 6) is -1.33. The minimum Gasteiger partial charge on any atom is -0.462 e. The van der Waals surface area contributed by atoms with Gasteiger partial charge in [0.2, 0.25) is 0 Å². The molecule has 0 fully saturated rings. The summed E-state index contributed by atoms with van der Waals surface area (Å²) < 4.78 is 68.7. The molecule has 0 aliphatic heterocycles. The number of esters is 4. The number of aliphatic hydroxyl groups is 1. The van der Waals surface area contributed by atoms with Crippen molar-refractivity contribution in [2.45, 2.75) is 432 Å². The van der Waals surface area contributed by atoms with E-state index in [1.165, 1.54) is 225 Å². The van der Waals surface area contributed by atoms with Gasteiger partial charge in [-0.3, -0.25) is 37.3 Å². The van der Waals surface area contributed by atoms with Gasteiger partial charge in [-0.2, -0.15) is 0 Å². The van der Waals surface area contributed by atoms with E-state index in [-0.39, 0.29) is 25.7 Å². The predicted molar refractivity (Wildman–Crippen MR) is 414 cm³/mol. The summed E-state index contributed by atoms with van der Waals surface area (Å²) in [7, 11) is -9.93. The van der Waals surface area contributed by atoms with Gasteiger partial charge in [-0.1, -0.05) is 361 Å². The number of carbonyl (C=O) groups is 4. The van der Waals surface area contributed by atoms with Crippen molar-refractivity contribution < 1.29 is 80.2 Å². The second kappa shape index (κ2) is 74.4. The van der Waals surface area contributed by atoms with Crippen LogP contribution in [0.2, 0.25) is 0 Å². The Morgan fingerprint density at radius 2 is 0.535 bits per heavy atom. The zero-order valence-electron chi connectivity index (χ0n) is 65.5. The van der Waals surface area contributed by atoms with Gasteiger partial charge >= 0.3 is 39.5 Å². The molecule has 0 saturated heterocycles. The number of phosphoric ester groups is 2. The van der Waals surface area contributed by atoms with E-state index < -0.39 is 97.5 Å². The van der Waals surface area contributed by atoms with E-state index in [9.17, 15) is 43.2 Å². The maximum absolute atomic E-state index is 13.1. The van der Waals surface area contributed by atoms with Gasteiger partial charge in [-0.25, -0.2) is 9.13 Å². The van der Waals surface area contributed by atoms with E-state index in [1.54, 1.807) is 0 Å². The average molecular weight is 1480 g/mol. The second-order valence-corrected chi connectivity index (χ2v) is 32.2. The number of hydrogen-bond acceptors (Lipinski definition) is 15. The van der Waals surface area contributed by atoms with Crippen molar-refractivity contribution in [1.82, 2.24) is 0 Å². The number of ether oxygens (including phenoxy) is 4. The largest absolute Gasteiger partial charge is 0.472 e. The lowest BCUT2D eigenvalue weighted by Gasteiger charge is -2.21. The molecule has 3 N–H and O–H groups in total. The van der Waals surface area contributed by atoms with Crippen LogP contribution in [0.15, 0.2) is 24.3 Å². The second-order valence-electron chi connectivity index (χ2n) is 29.3. The van der Waals surface area contributed by atoms with Crippen molar-refractivity contribution in [3.63, 3.8) is 0 Å². The molecule has 19 heteroatoms. The van der Waals surface area contributed by atoms with Crippen molar-refractivity contribution in [2.24, 2.45) is 5.92 Å². The van der Waals surface area contributed by atoms with Crippen molar-refractivity contribution >= 4 is 39.5 Å². The molecule has 0 heterocycles. The normalized spacial score (nSPS) is 14.0. The van der Waals surface area contributed by atoms with Crippen LogP contribution in [-0.2, 0) is 65.4 Å². The minimum atomic E-state index is -4.97. The lowest BCUT2D eigenvalue weighted by molar-refractivity contribution is -0.161. The number of rotatable bonds is 80. The lowest BCUT2D eigenvalue weighted by atomic mass is 10.0. The predicted octanol–water partition coefficient (Wildman–Crippen LogP) is 24.4. The highest BCUT2D eigenvalue weighted by molar-refractivity contribution is 7.47. The van der Waals surface area contributed by atoms with Crippen molar-refractivity contribution in [3.8, 4) is 0 Å². The molecule has 0 saturated carbocycles. The monoisotopic (exact) mass is 1480 g/mol. The molecule has 0 aromatic carbocycles. The van der Waals surface area contributed by atoms with Crippen LogP contribution in [0.4, 0.5) is 0 Å². The third-order valence-corrected chi connectivity index (χ3v) is 20.6. The molecule has 0 aliphatic rings. The van der Waals surface area contributed by atoms with Gasteiger partial charge in [0.25, 0.3) is 0 Å². The first-order valence-corrected chi connectivity index (χ1v) is 44.9. The molecule has 0 bridgehead atoms. The van der Waals surface area contributed by atoms with Gasteiger partial charge in [0, 0.05) is 25.7 Å². The van der Waals surface area contributed by atoms with Crippen LogP contribution in [0.3, 0.4) is 0 Å². The smallest absolute Gasteiger partial charge is 0.462 e. The highest BCUT2D eigenvalue weighted by Gasteiger charge is 2.30. The molecule has 0 aromatic rings. The number of phosphoric acid groups is 2. The standard InChI is InChI=1S/C82H156O17P2/c1-6-9-12-15-18-21-24-26-28-33-36-41-46-51-56-61-66-80(85)93-72-78(99-82(87)68-63-58-53-48-43-38-34-30-29-32-35-40-44-49-54-59-64-75(4)5)74-97-101(90,91)95-70-76(83)69-94-100(88,89)96-73-77(71-92-79(84)65-60-55-50-45-39-23-20-17-14-11-8-3)98-81(86)67-62-57-52-47-42-37-31-27-25-22-19-16-13-10-7-2/h22,25,27,31,75-78,83H,6-21,23-24,26,28-30,32-74H2,1-5H3,(H,88,89)(H,90,91)/b25-22-,31-27-/t76-,77+,78+/m0/s1. The number of allylic oxidation sites excluding steroid dienone is 4. The van der Waals surface area contributed by atoms with Crippen LogP contribution in [0.5, 0.6) is 0 Å². The zero-order chi connectivity index (χ0) is 74.1. The number of aliphatic hydroxyl groups excluding tert-OH is 1. The van der Waals surface area contributed by atoms with E-state index >= 15 is 0 Å². The average Bonchev–Trinajstić information content (AvgIpc) is 0.959. The third kappa shape index (κ3) is 75.6. The molecule has 2 unspecified atom stereocenters. The SMILES string of the molecule is CCCCCC/C=C\C=C/CCCCCCCC(=O)O[C@H](COC(=O)CCCCCCCCCCCCC)COP(=O)(O)OC[C@H](O)COP(=O)(O)OC[C@@H](COC(=O)CCCCCCCCCCCCCCCCCC)OC(=O)CCCCCCCCCCCCCCCCCCC(C)C.